The normalized spacial score (nSPS) is 11.0. The van der Waals surface area contributed by atoms with E-state index in [0.29, 0.717) is 5.78 Å². The lowest BCUT2D eigenvalue weighted by Crippen LogP contribution is -2.13. The van der Waals surface area contributed by atoms with Gasteiger partial charge in [-0.1, -0.05) is 95.9 Å². The molecule has 0 unspecified atom stereocenters. The number of hydrogen-bond donors (Lipinski definition) is 0. The Labute approximate surface area is 149 Å². The van der Waals surface area contributed by atoms with E-state index in [1.807, 2.05) is 27.7 Å². The fourth-order valence-electron chi connectivity index (χ4n) is 2.28. The molecule has 0 atom stereocenters. The summed E-state index contributed by atoms with van der Waals surface area (Å²) in [4.78, 5) is 10.8. The first kappa shape index (κ1) is 27.5. The molecule has 0 N–H and O–H groups in total. The lowest BCUT2D eigenvalue weighted by molar-refractivity contribution is -0.124. The molecule has 0 aromatic rings. The Bertz CT molecular complexity index is 223. The van der Waals surface area contributed by atoms with Crippen LogP contribution in [0.3, 0.4) is 0 Å². The van der Waals surface area contributed by atoms with Crippen LogP contribution < -0.4 is 0 Å². The summed E-state index contributed by atoms with van der Waals surface area (Å²) in [7, 11) is 0. The van der Waals surface area contributed by atoms with Crippen LogP contribution in [0, 0.1) is 35.5 Å². The molecule has 142 valence electrons. The molecule has 0 heterocycles. The molecule has 0 saturated heterocycles. The summed E-state index contributed by atoms with van der Waals surface area (Å²) in [5.41, 5.74) is 0. The predicted octanol–water partition coefficient (Wildman–Crippen LogP) is 7.63. The summed E-state index contributed by atoms with van der Waals surface area (Å²) in [6.45, 7) is 25.9. The third-order valence-electron chi connectivity index (χ3n) is 3.40. The van der Waals surface area contributed by atoms with E-state index in [0.717, 1.165) is 23.7 Å². The first-order valence-electron chi connectivity index (χ1n) is 9.84. The second-order valence-corrected chi connectivity index (χ2v) is 9.10. The van der Waals surface area contributed by atoms with E-state index in [2.05, 4.69) is 55.4 Å². The van der Waals surface area contributed by atoms with Crippen molar-refractivity contribution in [1.29, 1.82) is 0 Å². The van der Waals surface area contributed by atoms with Crippen molar-refractivity contribution in [2.24, 2.45) is 35.5 Å². The summed E-state index contributed by atoms with van der Waals surface area (Å²) >= 11 is 0. The van der Waals surface area contributed by atoms with Gasteiger partial charge in [0.25, 0.3) is 0 Å². The zero-order valence-corrected chi connectivity index (χ0v) is 18.5. The van der Waals surface area contributed by atoms with Crippen LogP contribution in [0.4, 0.5) is 0 Å². The van der Waals surface area contributed by atoms with Gasteiger partial charge in [-0.05, 0) is 30.1 Å². The maximum Gasteiger partial charge on any atom is 0.137 e. The molecule has 0 spiro atoms. The van der Waals surface area contributed by atoms with E-state index in [9.17, 15) is 4.79 Å². The van der Waals surface area contributed by atoms with E-state index in [1.165, 1.54) is 19.3 Å². The highest BCUT2D eigenvalue weighted by atomic mass is 16.1. The van der Waals surface area contributed by atoms with E-state index in [1.54, 1.807) is 0 Å². The number of ketones is 1. The first-order chi connectivity index (χ1) is 10.3. The molecule has 0 aromatic heterocycles. The highest BCUT2D eigenvalue weighted by molar-refractivity contribution is 5.81. The van der Waals surface area contributed by atoms with Crippen molar-refractivity contribution in [3.63, 3.8) is 0 Å². The third kappa shape index (κ3) is 30.2. The minimum atomic E-state index is 0.204. The van der Waals surface area contributed by atoms with Crippen LogP contribution in [-0.2, 0) is 4.79 Å². The van der Waals surface area contributed by atoms with Gasteiger partial charge in [-0.2, -0.15) is 0 Å². The zero-order valence-electron chi connectivity index (χ0n) is 18.5. The summed E-state index contributed by atoms with van der Waals surface area (Å²) in [5.74, 6) is 4.28. The molecule has 0 saturated carbocycles. The quantitative estimate of drug-likeness (QED) is 0.469. The monoisotopic (exact) mass is 328 g/mol. The summed E-state index contributed by atoms with van der Waals surface area (Å²) in [6.07, 6.45) is 4.13. The molecule has 1 nitrogen and oxygen atoms in total. The first-order valence-corrected chi connectivity index (χ1v) is 9.84. The van der Waals surface area contributed by atoms with Gasteiger partial charge in [0.2, 0.25) is 0 Å². The van der Waals surface area contributed by atoms with Gasteiger partial charge in [0, 0.05) is 11.8 Å². The Morgan fingerprint density at radius 3 is 0.826 bits per heavy atom. The Hall–Kier alpha value is -0.330. The summed E-state index contributed by atoms with van der Waals surface area (Å²) in [6, 6.07) is 0. The topological polar surface area (TPSA) is 17.1 Å². The van der Waals surface area contributed by atoms with Gasteiger partial charge in [0.15, 0.2) is 0 Å². The molecule has 0 bridgehead atoms. The molecule has 0 aromatic carbocycles. The van der Waals surface area contributed by atoms with Crippen molar-refractivity contribution >= 4 is 5.78 Å². The lowest BCUT2D eigenvalue weighted by atomic mass is 9.99. The summed E-state index contributed by atoms with van der Waals surface area (Å²) < 4.78 is 0. The van der Waals surface area contributed by atoms with Crippen LogP contribution in [0.2, 0.25) is 0 Å². The Morgan fingerprint density at radius 1 is 0.522 bits per heavy atom. The molecule has 0 aliphatic rings. The van der Waals surface area contributed by atoms with Gasteiger partial charge < -0.3 is 0 Å². The van der Waals surface area contributed by atoms with Crippen LogP contribution >= 0.6 is 0 Å². The SMILES string of the molecule is CC(C)C(=O)C(C)C.CC(C)CC(C)C.CC(C)CCC(C)C. The highest BCUT2D eigenvalue weighted by Crippen LogP contribution is 2.10. The fraction of sp³-hybridized carbons (Fsp3) is 0.955. The second kappa shape index (κ2) is 16.5. The second-order valence-electron chi connectivity index (χ2n) is 9.10. The Balaban J connectivity index is -0.000000262. The minimum absolute atomic E-state index is 0.204. The number of carbonyl (C=O) groups excluding carboxylic acids is 1. The van der Waals surface area contributed by atoms with E-state index < -0.39 is 0 Å². The van der Waals surface area contributed by atoms with Crippen LogP contribution in [-0.4, -0.2) is 5.78 Å². The predicted molar refractivity (Wildman–Crippen MR) is 108 cm³/mol. The molecule has 0 amide bonds. The lowest BCUT2D eigenvalue weighted by Gasteiger charge is -2.05. The van der Waals surface area contributed by atoms with E-state index in [4.69, 9.17) is 0 Å². The molecule has 23 heavy (non-hydrogen) atoms. The molecule has 0 rings (SSSR count). The van der Waals surface area contributed by atoms with Crippen molar-refractivity contribution in [1.82, 2.24) is 0 Å². The van der Waals surface area contributed by atoms with Crippen LogP contribution in [0.25, 0.3) is 0 Å². The van der Waals surface area contributed by atoms with Gasteiger partial charge in [0.1, 0.15) is 5.78 Å². The van der Waals surface area contributed by atoms with Crippen LogP contribution in [0.5, 0.6) is 0 Å². The van der Waals surface area contributed by atoms with Gasteiger partial charge >= 0.3 is 0 Å². The van der Waals surface area contributed by atoms with E-state index >= 15 is 0 Å². The number of hydrogen-bond acceptors (Lipinski definition) is 1. The molecule has 0 fully saturated rings. The molecule has 1 heteroatoms. The van der Waals surface area contributed by atoms with Gasteiger partial charge in [0.05, 0.1) is 0 Å². The number of carbonyl (C=O) groups is 1. The van der Waals surface area contributed by atoms with Crippen molar-refractivity contribution in [3.05, 3.63) is 0 Å². The number of rotatable bonds is 7. The molecular weight excluding hydrogens is 280 g/mol. The molecule has 0 aliphatic carbocycles. The zero-order chi connectivity index (χ0) is 19.2. The maximum atomic E-state index is 10.8. The van der Waals surface area contributed by atoms with Crippen molar-refractivity contribution < 1.29 is 4.79 Å². The Morgan fingerprint density at radius 2 is 0.783 bits per heavy atom. The molecular formula is C22H48O. The average Bonchev–Trinajstić information content (AvgIpc) is 2.34. The van der Waals surface area contributed by atoms with Crippen LogP contribution in [0.15, 0.2) is 0 Å². The number of Topliss-reactive ketones (excluding diaryl/α,β-unsaturated/α-hetero) is 1. The smallest absolute Gasteiger partial charge is 0.137 e. The maximum absolute atomic E-state index is 10.8. The van der Waals surface area contributed by atoms with Crippen molar-refractivity contribution in [2.75, 3.05) is 0 Å². The standard InChI is InChI=1S/C8H18.C7H14O.C7H16/c1-7(2)5-6-8(3)4;1-5(2)7(8)6(3)4;1-6(2)5-7(3)4/h7-8H,5-6H2,1-4H3;5-6H,1-4H3;6-7H,5H2,1-4H3. The van der Waals surface area contributed by atoms with Gasteiger partial charge in [-0.3, -0.25) is 4.79 Å². The molecule has 0 aliphatic heterocycles. The largest absolute Gasteiger partial charge is 0.299 e. The third-order valence-corrected chi connectivity index (χ3v) is 3.40. The van der Waals surface area contributed by atoms with E-state index in [-0.39, 0.29) is 11.8 Å². The van der Waals surface area contributed by atoms with Crippen molar-refractivity contribution in [2.45, 2.75) is 102 Å². The highest BCUT2D eigenvalue weighted by Gasteiger charge is 2.09. The van der Waals surface area contributed by atoms with Crippen molar-refractivity contribution in [3.8, 4) is 0 Å². The minimum Gasteiger partial charge on any atom is -0.299 e. The van der Waals surface area contributed by atoms with Gasteiger partial charge in [-0.15, -0.1) is 0 Å². The summed E-state index contributed by atoms with van der Waals surface area (Å²) in [5, 5.41) is 0. The average molecular weight is 329 g/mol. The fourth-order valence-corrected chi connectivity index (χ4v) is 2.28. The van der Waals surface area contributed by atoms with Gasteiger partial charge in [-0.25, -0.2) is 0 Å². The van der Waals surface area contributed by atoms with Crippen LogP contribution in [0.1, 0.15) is 102 Å². The molecule has 0 radical (unpaired) electrons. The Kier molecular flexibility index (Phi) is 19.8.